The van der Waals surface area contributed by atoms with Gasteiger partial charge < -0.3 is 15.0 Å². The zero-order chi connectivity index (χ0) is 26.1. The lowest BCUT2D eigenvalue weighted by Crippen LogP contribution is -2.53. The standard InChI is InChI=1S/C30H35BrN2O3/c1-5-23(4)32-30(35)27(18-24-10-7-6-8-11-24)33(19-25-12-9-13-26(31)17-25)29(34)20-36-28-16-21(2)14-15-22(28)3/h6-17,23,27H,5,18-20H2,1-4H3,(H,32,35)/t23-,27-/m0/s1. The molecule has 2 atom stereocenters. The second-order valence-electron chi connectivity index (χ2n) is 9.23. The summed E-state index contributed by atoms with van der Waals surface area (Å²) in [5.74, 6) is 0.272. The van der Waals surface area contributed by atoms with Crippen molar-refractivity contribution in [2.75, 3.05) is 6.61 Å². The smallest absolute Gasteiger partial charge is 0.261 e. The Hall–Kier alpha value is -3.12. The third-order valence-corrected chi connectivity index (χ3v) is 6.70. The van der Waals surface area contributed by atoms with Crippen LogP contribution in [0.2, 0.25) is 0 Å². The van der Waals surface area contributed by atoms with E-state index in [1.165, 1.54) is 0 Å². The quantitative estimate of drug-likeness (QED) is 0.318. The molecule has 0 saturated carbocycles. The van der Waals surface area contributed by atoms with E-state index >= 15 is 0 Å². The predicted molar refractivity (Wildman–Crippen MR) is 148 cm³/mol. The van der Waals surface area contributed by atoms with Gasteiger partial charge >= 0.3 is 0 Å². The first-order chi connectivity index (χ1) is 17.3. The molecule has 0 aliphatic rings. The third-order valence-electron chi connectivity index (χ3n) is 6.21. The first-order valence-corrected chi connectivity index (χ1v) is 13.1. The van der Waals surface area contributed by atoms with E-state index in [0.717, 1.165) is 33.1 Å². The molecule has 3 rings (SSSR count). The Kier molecular flexibility index (Phi) is 10.1. The van der Waals surface area contributed by atoms with Crippen molar-refractivity contribution in [2.24, 2.45) is 0 Å². The van der Waals surface area contributed by atoms with Crippen molar-refractivity contribution in [3.8, 4) is 5.75 Å². The molecule has 0 aromatic heterocycles. The Morgan fingerprint density at radius 3 is 2.39 bits per heavy atom. The number of carbonyl (C=O) groups excluding carboxylic acids is 2. The third kappa shape index (κ3) is 7.95. The summed E-state index contributed by atoms with van der Waals surface area (Å²) in [5.41, 5.74) is 3.94. The van der Waals surface area contributed by atoms with Crippen LogP contribution in [0.3, 0.4) is 0 Å². The minimum Gasteiger partial charge on any atom is -0.483 e. The second kappa shape index (κ2) is 13.3. The average Bonchev–Trinajstić information content (AvgIpc) is 2.87. The van der Waals surface area contributed by atoms with E-state index in [1.807, 2.05) is 100 Å². The molecule has 1 N–H and O–H groups in total. The molecule has 0 bridgehead atoms. The lowest BCUT2D eigenvalue weighted by molar-refractivity contribution is -0.143. The molecule has 0 saturated heterocycles. The lowest BCUT2D eigenvalue weighted by Gasteiger charge is -2.32. The molecule has 5 nitrogen and oxygen atoms in total. The van der Waals surface area contributed by atoms with Gasteiger partial charge in [-0.15, -0.1) is 0 Å². The molecule has 0 heterocycles. The lowest BCUT2D eigenvalue weighted by atomic mass is 10.0. The van der Waals surface area contributed by atoms with Crippen LogP contribution in [0.15, 0.2) is 77.3 Å². The number of nitrogens with one attached hydrogen (secondary N) is 1. The maximum absolute atomic E-state index is 13.7. The predicted octanol–water partition coefficient (Wildman–Crippen LogP) is 6.00. The van der Waals surface area contributed by atoms with E-state index in [0.29, 0.717) is 18.7 Å². The van der Waals surface area contributed by atoms with Gasteiger partial charge in [-0.1, -0.05) is 77.5 Å². The van der Waals surface area contributed by atoms with Gasteiger partial charge in [0.25, 0.3) is 5.91 Å². The Morgan fingerprint density at radius 1 is 0.972 bits per heavy atom. The van der Waals surface area contributed by atoms with E-state index in [1.54, 1.807) is 4.90 Å². The summed E-state index contributed by atoms with van der Waals surface area (Å²) in [7, 11) is 0. The van der Waals surface area contributed by atoms with E-state index < -0.39 is 6.04 Å². The fourth-order valence-corrected chi connectivity index (χ4v) is 4.36. The van der Waals surface area contributed by atoms with Gasteiger partial charge in [-0.2, -0.15) is 0 Å². The number of carbonyl (C=O) groups is 2. The van der Waals surface area contributed by atoms with Gasteiger partial charge in [0.05, 0.1) is 0 Å². The monoisotopic (exact) mass is 550 g/mol. The summed E-state index contributed by atoms with van der Waals surface area (Å²) in [4.78, 5) is 28.9. The average molecular weight is 552 g/mol. The Morgan fingerprint density at radius 2 is 1.69 bits per heavy atom. The van der Waals surface area contributed by atoms with Gasteiger partial charge in [-0.05, 0) is 67.6 Å². The number of rotatable bonds is 11. The number of nitrogens with zero attached hydrogens (tertiary/aromatic N) is 1. The van der Waals surface area contributed by atoms with Crippen LogP contribution >= 0.6 is 15.9 Å². The number of ether oxygens (including phenoxy) is 1. The van der Waals surface area contributed by atoms with Crippen LogP contribution in [-0.2, 0) is 22.6 Å². The van der Waals surface area contributed by atoms with Gasteiger partial charge in [0, 0.05) is 23.5 Å². The summed E-state index contributed by atoms with van der Waals surface area (Å²) < 4.78 is 6.89. The van der Waals surface area contributed by atoms with Crippen LogP contribution < -0.4 is 10.1 Å². The van der Waals surface area contributed by atoms with Crippen LogP contribution in [0.25, 0.3) is 0 Å². The maximum atomic E-state index is 13.7. The number of amides is 2. The number of hydrogen-bond acceptors (Lipinski definition) is 3. The van der Waals surface area contributed by atoms with Gasteiger partial charge in [0.2, 0.25) is 5.91 Å². The number of benzene rings is 3. The summed E-state index contributed by atoms with van der Waals surface area (Å²) in [6.45, 7) is 8.08. The van der Waals surface area contributed by atoms with E-state index in [2.05, 4.69) is 21.2 Å². The van der Waals surface area contributed by atoms with Crippen molar-refractivity contribution in [1.82, 2.24) is 10.2 Å². The van der Waals surface area contributed by atoms with E-state index in [-0.39, 0.29) is 24.5 Å². The van der Waals surface area contributed by atoms with Gasteiger partial charge in [0.15, 0.2) is 6.61 Å². The summed E-state index contributed by atoms with van der Waals surface area (Å²) in [5, 5.41) is 3.09. The van der Waals surface area contributed by atoms with Crippen LogP contribution in [0.1, 0.15) is 42.5 Å². The molecule has 190 valence electrons. The summed E-state index contributed by atoms with van der Waals surface area (Å²) >= 11 is 3.52. The fourth-order valence-electron chi connectivity index (χ4n) is 3.91. The molecule has 36 heavy (non-hydrogen) atoms. The van der Waals surface area contributed by atoms with Crippen molar-refractivity contribution in [3.05, 3.63) is 99.5 Å². The first-order valence-electron chi connectivity index (χ1n) is 12.3. The zero-order valence-electron chi connectivity index (χ0n) is 21.5. The Balaban J connectivity index is 1.93. The van der Waals surface area contributed by atoms with Crippen LogP contribution in [-0.4, -0.2) is 35.4 Å². The summed E-state index contributed by atoms with van der Waals surface area (Å²) in [6, 6.07) is 22.8. The molecular formula is C30H35BrN2O3. The topological polar surface area (TPSA) is 58.6 Å². The minimum atomic E-state index is -0.685. The fraction of sp³-hybridized carbons (Fsp3) is 0.333. The van der Waals surface area contributed by atoms with Gasteiger partial charge in [-0.25, -0.2) is 0 Å². The van der Waals surface area contributed by atoms with Crippen LogP contribution in [0, 0.1) is 13.8 Å². The molecule has 0 aliphatic carbocycles. The molecule has 3 aromatic rings. The molecular weight excluding hydrogens is 516 g/mol. The zero-order valence-corrected chi connectivity index (χ0v) is 23.0. The first kappa shape index (κ1) is 27.5. The largest absolute Gasteiger partial charge is 0.483 e. The second-order valence-corrected chi connectivity index (χ2v) is 10.1. The van der Waals surface area contributed by atoms with Gasteiger partial charge in [0.1, 0.15) is 11.8 Å². The molecule has 0 fully saturated rings. The molecule has 0 unspecified atom stereocenters. The van der Waals surface area contributed by atoms with E-state index in [4.69, 9.17) is 4.74 Å². The van der Waals surface area contributed by atoms with Crippen molar-refractivity contribution >= 4 is 27.7 Å². The highest BCUT2D eigenvalue weighted by Gasteiger charge is 2.31. The SMILES string of the molecule is CC[C@H](C)NC(=O)[C@H](Cc1ccccc1)N(Cc1cccc(Br)c1)C(=O)COc1cc(C)ccc1C. The highest BCUT2D eigenvalue weighted by molar-refractivity contribution is 9.10. The molecule has 0 radical (unpaired) electrons. The molecule has 0 spiro atoms. The molecule has 0 aliphatic heterocycles. The van der Waals surface area contributed by atoms with Gasteiger partial charge in [-0.3, -0.25) is 9.59 Å². The molecule has 6 heteroatoms. The highest BCUT2D eigenvalue weighted by Crippen LogP contribution is 2.21. The van der Waals surface area contributed by atoms with Crippen LogP contribution in [0.4, 0.5) is 0 Å². The normalized spacial score (nSPS) is 12.5. The number of halogens is 1. The van der Waals surface area contributed by atoms with Crippen molar-refractivity contribution in [1.29, 1.82) is 0 Å². The highest BCUT2D eigenvalue weighted by atomic mass is 79.9. The number of hydrogen-bond donors (Lipinski definition) is 1. The minimum absolute atomic E-state index is 0.00443. The van der Waals surface area contributed by atoms with Crippen LogP contribution in [0.5, 0.6) is 5.75 Å². The van der Waals surface area contributed by atoms with Crippen molar-refractivity contribution in [3.63, 3.8) is 0 Å². The van der Waals surface area contributed by atoms with Crippen molar-refractivity contribution < 1.29 is 14.3 Å². The van der Waals surface area contributed by atoms with E-state index in [9.17, 15) is 9.59 Å². The number of aryl methyl sites for hydroxylation is 2. The maximum Gasteiger partial charge on any atom is 0.261 e. The molecule has 3 aromatic carbocycles. The molecule has 2 amide bonds. The Labute approximate surface area is 223 Å². The Bertz CT molecular complexity index is 1170. The summed E-state index contributed by atoms with van der Waals surface area (Å²) in [6.07, 6.45) is 1.21. The van der Waals surface area contributed by atoms with Crippen molar-refractivity contribution in [2.45, 2.75) is 59.2 Å².